The van der Waals surface area contributed by atoms with E-state index in [2.05, 4.69) is 15.9 Å². The third-order valence-electron chi connectivity index (χ3n) is 3.35. The lowest BCUT2D eigenvalue weighted by Gasteiger charge is -2.14. The van der Waals surface area contributed by atoms with Crippen molar-refractivity contribution in [3.05, 3.63) is 63.4 Å². The van der Waals surface area contributed by atoms with Gasteiger partial charge in [-0.1, -0.05) is 18.2 Å². The summed E-state index contributed by atoms with van der Waals surface area (Å²) in [4.78, 5) is 22.0. The van der Waals surface area contributed by atoms with E-state index in [1.54, 1.807) is 18.2 Å². The van der Waals surface area contributed by atoms with Crippen molar-refractivity contribution in [2.75, 3.05) is 7.11 Å². The highest BCUT2D eigenvalue weighted by molar-refractivity contribution is 9.10. The molecule has 26 heavy (non-hydrogen) atoms. The maximum absolute atomic E-state index is 13.7. The van der Waals surface area contributed by atoms with Gasteiger partial charge >= 0.3 is 11.9 Å². The van der Waals surface area contributed by atoms with Crippen molar-refractivity contribution in [1.82, 2.24) is 0 Å². The summed E-state index contributed by atoms with van der Waals surface area (Å²) >= 11 is 3.27. The molecule has 0 heterocycles. The summed E-state index contributed by atoms with van der Waals surface area (Å²) in [7, 11) is 1.38. The number of ether oxygens (including phenoxy) is 2. The molecule has 0 aliphatic rings. The molecule has 0 fully saturated rings. The summed E-state index contributed by atoms with van der Waals surface area (Å²) in [6.45, 7) is -0.0493. The van der Waals surface area contributed by atoms with Crippen molar-refractivity contribution >= 4 is 33.9 Å². The second kappa shape index (κ2) is 8.48. The standard InChI is InChI=1S/C18H14BrFO6/c1-25-15-8-10(6-12(17(21)22)18(23)24)7-13(19)16(15)26-9-11-4-2-3-5-14(11)20/h2-8H,9H2,1H3,(H,21,22)(H,23,24). The number of halogens is 2. The van der Waals surface area contributed by atoms with Gasteiger partial charge in [-0.15, -0.1) is 0 Å². The van der Waals surface area contributed by atoms with Gasteiger partial charge in [-0.05, 0) is 45.8 Å². The van der Waals surface area contributed by atoms with Crippen LogP contribution in [0.25, 0.3) is 6.08 Å². The molecule has 2 rings (SSSR count). The van der Waals surface area contributed by atoms with E-state index in [9.17, 15) is 14.0 Å². The molecule has 0 saturated carbocycles. The highest BCUT2D eigenvalue weighted by atomic mass is 79.9. The Morgan fingerprint density at radius 1 is 1.19 bits per heavy atom. The Balaban J connectivity index is 2.35. The molecule has 2 N–H and O–H groups in total. The number of carbonyl (C=O) groups is 2. The van der Waals surface area contributed by atoms with Gasteiger partial charge in [0.05, 0.1) is 11.6 Å². The minimum Gasteiger partial charge on any atom is -0.493 e. The minimum atomic E-state index is -1.56. The number of hydrogen-bond donors (Lipinski definition) is 2. The van der Waals surface area contributed by atoms with Crippen LogP contribution < -0.4 is 9.47 Å². The van der Waals surface area contributed by atoms with E-state index < -0.39 is 23.3 Å². The molecule has 8 heteroatoms. The van der Waals surface area contributed by atoms with Crippen molar-refractivity contribution < 1.29 is 33.7 Å². The van der Waals surface area contributed by atoms with Crippen LogP contribution in [0.3, 0.4) is 0 Å². The lowest BCUT2D eigenvalue weighted by Crippen LogP contribution is -2.10. The van der Waals surface area contributed by atoms with Gasteiger partial charge in [-0.25, -0.2) is 14.0 Å². The summed E-state index contributed by atoms with van der Waals surface area (Å²) in [5.41, 5.74) is -0.157. The zero-order valence-electron chi connectivity index (χ0n) is 13.5. The van der Waals surface area contributed by atoms with Crippen LogP contribution in [0.4, 0.5) is 4.39 Å². The average Bonchev–Trinajstić information content (AvgIpc) is 2.59. The fourth-order valence-electron chi connectivity index (χ4n) is 2.11. The minimum absolute atomic E-state index is 0.0493. The van der Waals surface area contributed by atoms with Crippen LogP contribution in [0.2, 0.25) is 0 Å². The molecular formula is C18H14BrFO6. The molecule has 0 unspecified atom stereocenters. The second-order valence-corrected chi connectivity index (χ2v) is 5.94. The molecule has 0 bridgehead atoms. The van der Waals surface area contributed by atoms with E-state index in [1.807, 2.05) is 0 Å². The van der Waals surface area contributed by atoms with E-state index in [-0.39, 0.29) is 23.7 Å². The van der Waals surface area contributed by atoms with E-state index in [4.69, 9.17) is 19.7 Å². The third-order valence-corrected chi connectivity index (χ3v) is 3.94. The second-order valence-electron chi connectivity index (χ2n) is 5.08. The molecule has 0 aliphatic carbocycles. The number of aliphatic carboxylic acids is 2. The molecule has 0 aromatic heterocycles. The van der Waals surface area contributed by atoms with Gasteiger partial charge in [0.25, 0.3) is 0 Å². The van der Waals surface area contributed by atoms with Gasteiger partial charge in [0.15, 0.2) is 11.5 Å². The summed E-state index contributed by atoms with van der Waals surface area (Å²) in [5, 5.41) is 17.9. The molecule has 0 aliphatic heterocycles. The topological polar surface area (TPSA) is 93.1 Å². The van der Waals surface area contributed by atoms with Gasteiger partial charge in [-0.3, -0.25) is 0 Å². The van der Waals surface area contributed by atoms with Gasteiger partial charge in [-0.2, -0.15) is 0 Å². The van der Waals surface area contributed by atoms with E-state index in [0.717, 1.165) is 6.08 Å². The number of methoxy groups -OCH3 is 1. The number of carboxylic acid groups (broad SMARTS) is 2. The lowest BCUT2D eigenvalue weighted by atomic mass is 10.1. The first-order chi connectivity index (χ1) is 12.3. The van der Waals surface area contributed by atoms with Crippen molar-refractivity contribution in [3.63, 3.8) is 0 Å². The van der Waals surface area contributed by atoms with Crippen molar-refractivity contribution in [2.24, 2.45) is 0 Å². The highest BCUT2D eigenvalue weighted by Crippen LogP contribution is 2.38. The van der Waals surface area contributed by atoms with Crippen LogP contribution in [0.5, 0.6) is 11.5 Å². The van der Waals surface area contributed by atoms with Crippen LogP contribution in [0, 0.1) is 5.82 Å². The Morgan fingerprint density at radius 2 is 1.85 bits per heavy atom. The summed E-state index contributed by atoms with van der Waals surface area (Å²) in [5.74, 6) is -3.02. The highest BCUT2D eigenvalue weighted by Gasteiger charge is 2.18. The first-order valence-electron chi connectivity index (χ1n) is 7.25. The lowest BCUT2D eigenvalue weighted by molar-refractivity contribution is -0.140. The van der Waals surface area contributed by atoms with E-state index in [1.165, 1.54) is 25.3 Å². The van der Waals surface area contributed by atoms with Gasteiger partial charge < -0.3 is 19.7 Å². The molecule has 0 spiro atoms. The van der Waals surface area contributed by atoms with Gasteiger partial charge in [0.1, 0.15) is 18.0 Å². The van der Waals surface area contributed by atoms with Crippen LogP contribution in [-0.4, -0.2) is 29.3 Å². The van der Waals surface area contributed by atoms with Crippen molar-refractivity contribution in [3.8, 4) is 11.5 Å². The normalized spacial score (nSPS) is 10.1. The van der Waals surface area contributed by atoms with Crippen molar-refractivity contribution in [1.29, 1.82) is 0 Å². The first kappa shape index (κ1) is 19.5. The maximum Gasteiger partial charge on any atom is 0.343 e. The Hall–Kier alpha value is -2.87. The number of hydrogen-bond acceptors (Lipinski definition) is 4. The first-order valence-corrected chi connectivity index (χ1v) is 8.04. The molecule has 0 saturated heterocycles. The molecule has 0 atom stereocenters. The number of rotatable bonds is 7. The Morgan fingerprint density at radius 3 is 2.42 bits per heavy atom. The van der Waals surface area contributed by atoms with Gasteiger partial charge in [0.2, 0.25) is 0 Å². The predicted molar refractivity (Wildman–Crippen MR) is 94.7 cm³/mol. The summed E-state index contributed by atoms with van der Waals surface area (Å²) in [6.07, 6.45) is 0.999. The van der Waals surface area contributed by atoms with E-state index in [0.29, 0.717) is 10.0 Å². The smallest absolute Gasteiger partial charge is 0.343 e. The number of carboxylic acids is 2. The molecule has 2 aromatic carbocycles. The monoisotopic (exact) mass is 424 g/mol. The fraction of sp³-hybridized carbons (Fsp3) is 0.111. The Bertz CT molecular complexity index is 862. The zero-order valence-corrected chi connectivity index (χ0v) is 15.1. The molecule has 0 radical (unpaired) electrons. The zero-order chi connectivity index (χ0) is 19.3. The largest absolute Gasteiger partial charge is 0.493 e. The van der Waals surface area contributed by atoms with Gasteiger partial charge in [0, 0.05) is 5.56 Å². The summed E-state index contributed by atoms with van der Waals surface area (Å²) < 4.78 is 24.9. The molecule has 136 valence electrons. The Kier molecular flexibility index (Phi) is 6.35. The SMILES string of the molecule is COc1cc(C=C(C(=O)O)C(=O)O)cc(Br)c1OCc1ccccc1F. The quantitative estimate of drug-likeness (QED) is 0.399. The Labute approximate surface area is 156 Å². The van der Waals surface area contributed by atoms with Crippen LogP contribution in [0.1, 0.15) is 11.1 Å². The fourth-order valence-corrected chi connectivity index (χ4v) is 2.68. The molecule has 2 aromatic rings. The van der Waals surface area contributed by atoms with E-state index >= 15 is 0 Å². The van der Waals surface area contributed by atoms with Crippen molar-refractivity contribution in [2.45, 2.75) is 6.61 Å². The van der Waals surface area contributed by atoms with Crippen LogP contribution in [0.15, 0.2) is 46.4 Å². The molecule has 6 nitrogen and oxygen atoms in total. The maximum atomic E-state index is 13.7. The predicted octanol–water partition coefficient (Wildman–Crippen LogP) is 3.73. The molecular weight excluding hydrogens is 411 g/mol. The van der Waals surface area contributed by atoms with Crippen LogP contribution >= 0.6 is 15.9 Å². The third kappa shape index (κ3) is 4.60. The van der Waals surface area contributed by atoms with Crippen LogP contribution in [-0.2, 0) is 16.2 Å². The molecule has 0 amide bonds. The number of benzene rings is 2. The summed E-state index contributed by atoms with van der Waals surface area (Å²) in [6, 6.07) is 9.05. The average molecular weight is 425 g/mol.